The molecule has 0 aliphatic carbocycles. The fraction of sp³-hybridized carbons (Fsp3) is 0.0714. The molecule has 0 heterocycles. The second-order valence-electron chi connectivity index (χ2n) is 4.11. The Hall–Kier alpha value is -2.36. The lowest BCUT2D eigenvalue weighted by Crippen LogP contribution is -2.31. The van der Waals surface area contributed by atoms with Crippen LogP contribution in [0, 0.1) is 17.1 Å². The summed E-state index contributed by atoms with van der Waals surface area (Å²) in [5.74, 6) is -0.186. The van der Waals surface area contributed by atoms with Crippen molar-refractivity contribution in [2.24, 2.45) is 0 Å². The second-order valence-corrected chi connectivity index (χ2v) is 4.11. The Morgan fingerprint density at radius 1 is 1.20 bits per heavy atom. The molecule has 0 amide bonds. The summed E-state index contributed by atoms with van der Waals surface area (Å²) < 4.78 is 18.6. The minimum absolute atomic E-state index is 0.0373. The van der Waals surface area contributed by atoms with Crippen LogP contribution in [0.25, 0.3) is 0 Å². The van der Waals surface area contributed by atoms with E-state index >= 15 is 0 Å². The van der Waals surface area contributed by atoms with Gasteiger partial charge in [-0.2, -0.15) is 5.26 Å². The second kappa shape index (κ2) is 6.19. The molecule has 6 heteroatoms. The number of halogens is 1. The van der Waals surface area contributed by atoms with Crippen LogP contribution in [0.2, 0.25) is 0 Å². The summed E-state index contributed by atoms with van der Waals surface area (Å²) in [7, 11) is -1.66. The van der Waals surface area contributed by atoms with Crippen LogP contribution in [0.1, 0.15) is 11.1 Å². The maximum absolute atomic E-state index is 13.2. The number of hydrogen-bond acceptors (Lipinski definition) is 4. The lowest BCUT2D eigenvalue weighted by atomic mass is 9.79. The summed E-state index contributed by atoms with van der Waals surface area (Å²) >= 11 is 0. The molecule has 20 heavy (non-hydrogen) atoms. The molecule has 100 valence electrons. The van der Waals surface area contributed by atoms with Crippen molar-refractivity contribution < 1.29 is 19.2 Å². The lowest BCUT2D eigenvalue weighted by Gasteiger charge is -2.11. The molecule has 0 bridgehead atoms. The molecule has 2 rings (SSSR count). The monoisotopic (exact) mass is 271 g/mol. The van der Waals surface area contributed by atoms with Gasteiger partial charge in [-0.3, -0.25) is 0 Å². The fourth-order valence-electron chi connectivity index (χ4n) is 1.77. The maximum Gasteiger partial charge on any atom is 0.492 e. The van der Waals surface area contributed by atoms with Crippen LogP contribution in [-0.2, 0) is 6.61 Å². The summed E-state index contributed by atoms with van der Waals surface area (Å²) in [6.07, 6.45) is 0. The highest BCUT2D eigenvalue weighted by atomic mass is 19.1. The highest BCUT2D eigenvalue weighted by Crippen LogP contribution is 2.14. The Bertz CT molecular complexity index is 655. The van der Waals surface area contributed by atoms with E-state index in [1.54, 1.807) is 18.2 Å². The molecule has 0 saturated carbocycles. The quantitative estimate of drug-likeness (QED) is 0.812. The van der Waals surface area contributed by atoms with E-state index in [4.69, 9.17) is 10.00 Å². The summed E-state index contributed by atoms with van der Waals surface area (Å²) in [5.41, 5.74) is 0.922. The minimum Gasteiger partial charge on any atom is -0.489 e. The van der Waals surface area contributed by atoms with E-state index in [0.29, 0.717) is 11.1 Å². The molecule has 0 aromatic heterocycles. The van der Waals surface area contributed by atoms with Gasteiger partial charge in [0.2, 0.25) is 0 Å². The molecule has 0 spiro atoms. The van der Waals surface area contributed by atoms with Crippen LogP contribution in [-0.4, -0.2) is 17.2 Å². The molecular weight excluding hydrogens is 260 g/mol. The molecule has 0 unspecified atom stereocenters. The third kappa shape index (κ3) is 3.15. The first-order valence-corrected chi connectivity index (χ1v) is 5.88. The van der Waals surface area contributed by atoms with Gasteiger partial charge in [0, 0.05) is 11.0 Å². The first kappa shape index (κ1) is 14.1. The molecule has 0 radical (unpaired) electrons. The average Bonchev–Trinajstić information content (AvgIpc) is 2.45. The molecule has 0 atom stereocenters. The highest BCUT2D eigenvalue weighted by Gasteiger charge is 2.16. The topological polar surface area (TPSA) is 73.5 Å². The lowest BCUT2D eigenvalue weighted by molar-refractivity contribution is 0.305. The van der Waals surface area contributed by atoms with E-state index in [1.807, 2.05) is 6.07 Å². The van der Waals surface area contributed by atoms with Crippen molar-refractivity contribution in [2.75, 3.05) is 0 Å². The van der Waals surface area contributed by atoms with Gasteiger partial charge in [-0.25, -0.2) is 4.39 Å². The summed E-state index contributed by atoms with van der Waals surface area (Å²) in [5, 5.41) is 27.4. The molecule has 2 aromatic carbocycles. The largest absolute Gasteiger partial charge is 0.492 e. The summed E-state index contributed by atoms with van der Waals surface area (Å²) in [4.78, 5) is 0. The van der Waals surface area contributed by atoms with Crippen LogP contribution >= 0.6 is 0 Å². The summed E-state index contributed by atoms with van der Waals surface area (Å²) in [6, 6.07) is 12.1. The van der Waals surface area contributed by atoms with Gasteiger partial charge in [-0.15, -0.1) is 0 Å². The van der Waals surface area contributed by atoms with Crippen LogP contribution < -0.4 is 10.2 Å². The molecule has 2 aromatic rings. The van der Waals surface area contributed by atoms with E-state index in [2.05, 4.69) is 0 Å². The molecule has 0 aliphatic rings. The number of ether oxygens (including phenoxy) is 1. The van der Waals surface area contributed by atoms with E-state index in [1.165, 1.54) is 24.3 Å². The fourth-order valence-corrected chi connectivity index (χ4v) is 1.77. The van der Waals surface area contributed by atoms with E-state index < -0.39 is 12.9 Å². The minimum atomic E-state index is -1.66. The zero-order valence-corrected chi connectivity index (χ0v) is 10.5. The number of benzene rings is 2. The van der Waals surface area contributed by atoms with Gasteiger partial charge in [0.15, 0.2) is 0 Å². The maximum atomic E-state index is 13.2. The van der Waals surface area contributed by atoms with Gasteiger partial charge >= 0.3 is 7.12 Å². The van der Waals surface area contributed by atoms with Crippen molar-refractivity contribution in [3.63, 3.8) is 0 Å². The van der Waals surface area contributed by atoms with Gasteiger partial charge in [0.25, 0.3) is 0 Å². The van der Waals surface area contributed by atoms with Gasteiger partial charge in [-0.1, -0.05) is 18.2 Å². The standard InChI is InChI=1S/C14H11BFNO3/c16-12-6-5-10(8-17)11(7-12)9-20-14-4-2-1-3-13(14)15(18)19/h1-7,18-19H,9H2. The Kier molecular flexibility index (Phi) is 4.36. The third-order valence-electron chi connectivity index (χ3n) is 2.77. The van der Waals surface area contributed by atoms with Crippen molar-refractivity contribution in [3.8, 4) is 11.8 Å². The predicted octanol–water partition coefficient (Wildman–Crippen LogP) is 0.956. The van der Waals surface area contributed by atoms with Crippen molar-refractivity contribution in [1.29, 1.82) is 5.26 Å². The van der Waals surface area contributed by atoms with E-state index in [-0.39, 0.29) is 17.8 Å². The predicted molar refractivity (Wildman–Crippen MR) is 71.7 cm³/mol. The van der Waals surface area contributed by atoms with Crippen molar-refractivity contribution in [2.45, 2.75) is 6.61 Å². The van der Waals surface area contributed by atoms with E-state index in [0.717, 1.165) is 0 Å². The number of nitriles is 1. The van der Waals surface area contributed by atoms with Crippen LogP contribution in [0.3, 0.4) is 0 Å². The first-order valence-electron chi connectivity index (χ1n) is 5.88. The normalized spacial score (nSPS) is 9.90. The smallest absolute Gasteiger partial charge is 0.489 e. The molecule has 4 nitrogen and oxygen atoms in total. The van der Waals surface area contributed by atoms with Gasteiger partial charge < -0.3 is 14.8 Å². The zero-order valence-electron chi connectivity index (χ0n) is 10.5. The van der Waals surface area contributed by atoms with Gasteiger partial charge in [-0.05, 0) is 24.3 Å². The highest BCUT2D eigenvalue weighted by molar-refractivity contribution is 6.59. The van der Waals surface area contributed by atoms with Crippen LogP contribution in [0.15, 0.2) is 42.5 Å². The average molecular weight is 271 g/mol. The van der Waals surface area contributed by atoms with Gasteiger partial charge in [0.05, 0.1) is 11.6 Å². The third-order valence-corrected chi connectivity index (χ3v) is 2.77. The number of hydrogen-bond donors (Lipinski definition) is 2. The Morgan fingerprint density at radius 3 is 2.65 bits per heavy atom. The number of rotatable bonds is 4. The molecule has 0 saturated heterocycles. The Morgan fingerprint density at radius 2 is 1.95 bits per heavy atom. The number of nitrogens with zero attached hydrogens (tertiary/aromatic N) is 1. The molecule has 2 N–H and O–H groups in total. The van der Waals surface area contributed by atoms with Crippen molar-refractivity contribution in [1.82, 2.24) is 0 Å². The summed E-state index contributed by atoms with van der Waals surface area (Å²) in [6.45, 7) is -0.0373. The number of para-hydroxylation sites is 1. The van der Waals surface area contributed by atoms with Gasteiger partial charge in [0.1, 0.15) is 18.2 Å². The Balaban J connectivity index is 2.22. The molecule has 0 aliphatic heterocycles. The molecular formula is C14H11BFNO3. The Labute approximate surface area is 115 Å². The van der Waals surface area contributed by atoms with Crippen LogP contribution in [0.4, 0.5) is 4.39 Å². The van der Waals surface area contributed by atoms with Crippen molar-refractivity contribution in [3.05, 3.63) is 59.4 Å². The van der Waals surface area contributed by atoms with E-state index in [9.17, 15) is 14.4 Å². The van der Waals surface area contributed by atoms with Crippen molar-refractivity contribution >= 4 is 12.6 Å². The molecule has 0 fully saturated rings. The zero-order chi connectivity index (χ0) is 14.5. The SMILES string of the molecule is N#Cc1ccc(F)cc1COc1ccccc1B(O)O. The van der Waals surface area contributed by atoms with Crippen LogP contribution in [0.5, 0.6) is 5.75 Å². The first-order chi connectivity index (χ1) is 9.61.